The van der Waals surface area contributed by atoms with Crippen LogP contribution in [0, 0.1) is 11.8 Å². The highest BCUT2D eigenvalue weighted by Crippen LogP contribution is 2.44. The van der Waals surface area contributed by atoms with E-state index in [9.17, 15) is 0 Å². The summed E-state index contributed by atoms with van der Waals surface area (Å²) < 4.78 is 5.03. The van der Waals surface area contributed by atoms with Crippen molar-refractivity contribution >= 4 is 0 Å². The molecule has 76 valence electrons. The van der Waals surface area contributed by atoms with Crippen LogP contribution in [0.5, 0.6) is 0 Å². The Kier molecular flexibility index (Phi) is 3.23. The van der Waals surface area contributed by atoms with Gasteiger partial charge in [-0.15, -0.1) is 0 Å². The lowest BCUT2D eigenvalue weighted by atomic mass is 9.95. The summed E-state index contributed by atoms with van der Waals surface area (Å²) in [5.41, 5.74) is 0. The van der Waals surface area contributed by atoms with Crippen LogP contribution in [0.15, 0.2) is 0 Å². The number of hydrogen-bond donors (Lipinski definition) is 1. The van der Waals surface area contributed by atoms with E-state index in [1.807, 2.05) is 0 Å². The molecular weight excluding hydrogens is 162 g/mol. The van der Waals surface area contributed by atoms with Gasteiger partial charge in [0, 0.05) is 19.8 Å². The van der Waals surface area contributed by atoms with Crippen molar-refractivity contribution in [2.75, 3.05) is 20.3 Å². The molecule has 2 heteroatoms. The van der Waals surface area contributed by atoms with Crippen molar-refractivity contribution in [3.63, 3.8) is 0 Å². The minimum atomic E-state index is 0.843. The fourth-order valence-electron chi connectivity index (χ4n) is 3.00. The van der Waals surface area contributed by atoms with Crippen LogP contribution in [0.3, 0.4) is 0 Å². The summed E-state index contributed by atoms with van der Waals surface area (Å²) in [5.74, 6) is 2.07. The van der Waals surface area contributed by atoms with Crippen LogP contribution in [-0.4, -0.2) is 26.3 Å². The zero-order valence-corrected chi connectivity index (χ0v) is 8.59. The molecule has 2 aliphatic carbocycles. The smallest absolute Gasteiger partial charge is 0.0474 e. The normalized spacial score (nSPS) is 37.2. The van der Waals surface area contributed by atoms with Gasteiger partial charge in [0.25, 0.3) is 0 Å². The van der Waals surface area contributed by atoms with Gasteiger partial charge >= 0.3 is 0 Å². The Morgan fingerprint density at radius 1 is 1.31 bits per heavy atom. The molecule has 2 fully saturated rings. The van der Waals surface area contributed by atoms with Crippen molar-refractivity contribution in [1.82, 2.24) is 5.32 Å². The van der Waals surface area contributed by atoms with Crippen molar-refractivity contribution < 1.29 is 4.74 Å². The first kappa shape index (κ1) is 9.47. The Morgan fingerprint density at radius 3 is 2.85 bits per heavy atom. The molecule has 0 aromatic rings. The lowest BCUT2D eigenvalue weighted by molar-refractivity contribution is 0.191. The summed E-state index contributed by atoms with van der Waals surface area (Å²) >= 11 is 0. The van der Waals surface area contributed by atoms with E-state index in [1.165, 1.54) is 25.7 Å². The van der Waals surface area contributed by atoms with Gasteiger partial charge in [0.2, 0.25) is 0 Å². The SMILES string of the molecule is COCCCN[C@H]1C[C@H]2CC[C@@H]1C2. The summed E-state index contributed by atoms with van der Waals surface area (Å²) in [6, 6.07) is 0.843. The van der Waals surface area contributed by atoms with Crippen molar-refractivity contribution in [3.8, 4) is 0 Å². The van der Waals surface area contributed by atoms with Gasteiger partial charge in [-0.1, -0.05) is 6.42 Å². The third-order valence-corrected chi connectivity index (χ3v) is 3.67. The van der Waals surface area contributed by atoms with Crippen molar-refractivity contribution in [2.45, 2.75) is 38.1 Å². The molecule has 2 rings (SSSR count). The van der Waals surface area contributed by atoms with Gasteiger partial charge in [0.15, 0.2) is 0 Å². The van der Waals surface area contributed by atoms with Gasteiger partial charge in [-0.05, 0) is 44.1 Å². The molecule has 1 N–H and O–H groups in total. The van der Waals surface area contributed by atoms with E-state index in [2.05, 4.69) is 5.32 Å². The van der Waals surface area contributed by atoms with E-state index in [4.69, 9.17) is 4.74 Å². The highest BCUT2D eigenvalue weighted by Gasteiger charge is 2.38. The number of methoxy groups -OCH3 is 1. The molecule has 0 saturated heterocycles. The number of ether oxygens (including phenoxy) is 1. The zero-order valence-electron chi connectivity index (χ0n) is 8.59. The Balaban J connectivity index is 1.60. The molecule has 0 amide bonds. The molecule has 2 bridgehead atoms. The minimum absolute atomic E-state index is 0.843. The highest BCUT2D eigenvalue weighted by atomic mass is 16.5. The average molecular weight is 183 g/mol. The van der Waals surface area contributed by atoms with Gasteiger partial charge in [-0.25, -0.2) is 0 Å². The summed E-state index contributed by atoms with van der Waals surface area (Å²) in [6.07, 6.45) is 7.08. The second-order valence-electron chi connectivity index (χ2n) is 4.58. The van der Waals surface area contributed by atoms with Gasteiger partial charge in [0.05, 0.1) is 0 Å². The van der Waals surface area contributed by atoms with E-state index < -0.39 is 0 Å². The maximum atomic E-state index is 5.03. The van der Waals surface area contributed by atoms with Crippen LogP contribution in [0.4, 0.5) is 0 Å². The Morgan fingerprint density at radius 2 is 2.23 bits per heavy atom. The van der Waals surface area contributed by atoms with E-state index in [-0.39, 0.29) is 0 Å². The highest BCUT2D eigenvalue weighted by molar-refractivity contribution is 4.93. The maximum absolute atomic E-state index is 5.03. The van der Waals surface area contributed by atoms with Gasteiger partial charge in [0.1, 0.15) is 0 Å². The second-order valence-corrected chi connectivity index (χ2v) is 4.58. The molecular formula is C11H21NO. The molecule has 13 heavy (non-hydrogen) atoms. The second kappa shape index (κ2) is 4.43. The van der Waals surface area contributed by atoms with Crippen LogP contribution in [0.25, 0.3) is 0 Å². The molecule has 2 saturated carbocycles. The quantitative estimate of drug-likeness (QED) is 0.656. The number of nitrogens with one attached hydrogen (secondary N) is 1. The largest absolute Gasteiger partial charge is 0.385 e. The predicted octanol–water partition coefficient (Wildman–Crippen LogP) is 1.80. The number of rotatable bonds is 5. The fraction of sp³-hybridized carbons (Fsp3) is 1.00. The molecule has 0 spiro atoms. The third-order valence-electron chi connectivity index (χ3n) is 3.67. The molecule has 0 heterocycles. The molecule has 2 nitrogen and oxygen atoms in total. The average Bonchev–Trinajstić information content (AvgIpc) is 2.73. The third kappa shape index (κ3) is 2.23. The van der Waals surface area contributed by atoms with Crippen LogP contribution < -0.4 is 5.32 Å². The first-order valence-electron chi connectivity index (χ1n) is 5.62. The van der Waals surface area contributed by atoms with Crippen LogP contribution in [0.2, 0.25) is 0 Å². The van der Waals surface area contributed by atoms with Crippen molar-refractivity contribution in [3.05, 3.63) is 0 Å². The maximum Gasteiger partial charge on any atom is 0.0474 e. The van der Waals surface area contributed by atoms with Crippen LogP contribution in [-0.2, 0) is 4.74 Å². The molecule has 0 radical (unpaired) electrons. The monoisotopic (exact) mass is 183 g/mol. The number of fused-ring (bicyclic) bond motifs is 2. The van der Waals surface area contributed by atoms with E-state index in [0.717, 1.165) is 37.5 Å². The van der Waals surface area contributed by atoms with Crippen molar-refractivity contribution in [1.29, 1.82) is 0 Å². The zero-order chi connectivity index (χ0) is 9.10. The Hall–Kier alpha value is -0.0800. The molecule has 0 aromatic carbocycles. The van der Waals surface area contributed by atoms with Gasteiger partial charge in [-0.2, -0.15) is 0 Å². The van der Waals surface area contributed by atoms with Crippen molar-refractivity contribution in [2.24, 2.45) is 11.8 Å². The fourth-order valence-corrected chi connectivity index (χ4v) is 3.00. The standard InChI is InChI=1S/C11H21NO/c1-13-6-2-5-12-11-8-9-3-4-10(11)7-9/h9-12H,2-8H2,1H3/t9-,10+,11-/m0/s1. The minimum Gasteiger partial charge on any atom is -0.385 e. The van der Waals surface area contributed by atoms with E-state index >= 15 is 0 Å². The van der Waals surface area contributed by atoms with E-state index in [0.29, 0.717) is 0 Å². The molecule has 0 aliphatic heterocycles. The van der Waals surface area contributed by atoms with Crippen LogP contribution >= 0.6 is 0 Å². The first-order valence-corrected chi connectivity index (χ1v) is 5.62. The molecule has 0 aromatic heterocycles. The first-order chi connectivity index (χ1) is 6.40. The van der Waals surface area contributed by atoms with Crippen LogP contribution in [0.1, 0.15) is 32.1 Å². The topological polar surface area (TPSA) is 21.3 Å². The number of hydrogen-bond acceptors (Lipinski definition) is 2. The van der Waals surface area contributed by atoms with Gasteiger partial charge < -0.3 is 10.1 Å². The predicted molar refractivity (Wildman–Crippen MR) is 53.7 cm³/mol. The molecule has 3 atom stereocenters. The summed E-state index contributed by atoms with van der Waals surface area (Å²) in [4.78, 5) is 0. The Bertz CT molecular complexity index is 160. The summed E-state index contributed by atoms with van der Waals surface area (Å²) in [6.45, 7) is 2.04. The molecule has 2 aliphatic rings. The summed E-state index contributed by atoms with van der Waals surface area (Å²) in [7, 11) is 1.78. The van der Waals surface area contributed by atoms with Gasteiger partial charge in [-0.3, -0.25) is 0 Å². The molecule has 0 unspecified atom stereocenters. The van der Waals surface area contributed by atoms with E-state index in [1.54, 1.807) is 7.11 Å². The summed E-state index contributed by atoms with van der Waals surface area (Å²) in [5, 5.41) is 3.67. The Labute approximate surface area is 81.0 Å². The lowest BCUT2D eigenvalue weighted by Crippen LogP contribution is -2.34. The lowest BCUT2D eigenvalue weighted by Gasteiger charge is -2.22.